The van der Waals surface area contributed by atoms with Crippen LogP contribution in [0.3, 0.4) is 0 Å². The monoisotopic (exact) mass is 286 g/mol. The Hall–Kier alpha value is -1.07. The Balaban J connectivity index is 2.56. The quantitative estimate of drug-likeness (QED) is 0.735. The fourth-order valence-corrected chi connectivity index (χ4v) is 1.43. The number of aliphatic hydroxyl groups excluding tert-OH is 1. The van der Waals surface area contributed by atoms with Gasteiger partial charge in [0.1, 0.15) is 0 Å². The molecule has 1 unspecified atom stereocenters. The van der Waals surface area contributed by atoms with Crippen molar-refractivity contribution in [1.29, 1.82) is 0 Å². The average Bonchev–Trinajstić information content (AvgIpc) is 2.21. The standard InChI is InChI=1S/C11H15BrN2O2/c1-7(15)4-5-14-11(16)8-2-3-9(12)10(13)6-8/h2-3,6-7,15H,4-5,13H2,1H3,(H,14,16). The smallest absolute Gasteiger partial charge is 0.251 e. The molecule has 0 radical (unpaired) electrons. The molecule has 1 rings (SSSR count). The van der Waals surface area contributed by atoms with Gasteiger partial charge in [0.2, 0.25) is 0 Å². The van der Waals surface area contributed by atoms with Crippen LogP contribution in [0.25, 0.3) is 0 Å². The number of hydrogen-bond acceptors (Lipinski definition) is 3. The van der Waals surface area contributed by atoms with Crippen molar-refractivity contribution in [3.05, 3.63) is 28.2 Å². The van der Waals surface area contributed by atoms with Gasteiger partial charge in [0.15, 0.2) is 0 Å². The number of rotatable bonds is 4. The molecule has 4 N–H and O–H groups in total. The van der Waals surface area contributed by atoms with E-state index in [2.05, 4.69) is 21.2 Å². The van der Waals surface area contributed by atoms with Gasteiger partial charge in [0.25, 0.3) is 5.91 Å². The second kappa shape index (κ2) is 5.86. The Bertz CT molecular complexity index is 380. The van der Waals surface area contributed by atoms with Gasteiger partial charge in [-0.3, -0.25) is 4.79 Å². The third-order valence-corrected chi connectivity index (χ3v) is 2.83. The maximum absolute atomic E-state index is 11.6. The molecule has 5 heteroatoms. The SMILES string of the molecule is CC(O)CCNC(=O)c1ccc(Br)c(N)c1. The summed E-state index contributed by atoms with van der Waals surface area (Å²) in [4.78, 5) is 11.6. The molecule has 0 aromatic heterocycles. The first kappa shape index (κ1) is 13.0. The van der Waals surface area contributed by atoms with Crippen LogP contribution in [0, 0.1) is 0 Å². The van der Waals surface area contributed by atoms with Crippen LogP contribution >= 0.6 is 15.9 Å². The zero-order chi connectivity index (χ0) is 12.1. The molecular weight excluding hydrogens is 272 g/mol. The van der Waals surface area contributed by atoms with Crippen molar-refractivity contribution in [2.45, 2.75) is 19.4 Å². The minimum atomic E-state index is -0.407. The van der Waals surface area contributed by atoms with E-state index in [0.29, 0.717) is 24.2 Å². The Morgan fingerprint density at radius 1 is 1.62 bits per heavy atom. The number of benzene rings is 1. The summed E-state index contributed by atoms with van der Waals surface area (Å²) in [5, 5.41) is 11.7. The molecule has 4 nitrogen and oxygen atoms in total. The Kier molecular flexibility index (Phi) is 4.76. The molecule has 0 heterocycles. The summed E-state index contributed by atoms with van der Waals surface area (Å²) in [5.74, 6) is -0.181. The first-order valence-corrected chi connectivity index (χ1v) is 5.81. The largest absolute Gasteiger partial charge is 0.398 e. The maximum atomic E-state index is 11.6. The molecule has 1 aromatic carbocycles. The van der Waals surface area contributed by atoms with Crippen molar-refractivity contribution < 1.29 is 9.90 Å². The van der Waals surface area contributed by atoms with Crippen molar-refractivity contribution in [1.82, 2.24) is 5.32 Å². The molecular formula is C11H15BrN2O2. The number of nitrogens with one attached hydrogen (secondary N) is 1. The Labute approximate surface area is 103 Å². The second-order valence-corrected chi connectivity index (χ2v) is 4.48. The van der Waals surface area contributed by atoms with Gasteiger partial charge >= 0.3 is 0 Å². The normalized spacial score (nSPS) is 12.2. The number of anilines is 1. The molecule has 1 atom stereocenters. The molecule has 1 amide bonds. The summed E-state index contributed by atoms with van der Waals surface area (Å²) in [7, 11) is 0. The summed E-state index contributed by atoms with van der Waals surface area (Å²) in [6, 6.07) is 5.04. The van der Waals surface area contributed by atoms with Gasteiger partial charge < -0.3 is 16.2 Å². The number of amides is 1. The summed E-state index contributed by atoms with van der Waals surface area (Å²) in [6.45, 7) is 2.14. The van der Waals surface area contributed by atoms with Gasteiger partial charge in [0.05, 0.1) is 6.10 Å². The predicted octanol–water partition coefficient (Wildman–Crippen LogP) is 1.53. The van der Waals surface area contributed by atoms with E-state index in [4.69, 9.17) is 10.8 Å². The number of aliphatic hydroxyl groups is 1. The number of carbonyl (C=O) groups is 1. The number of nitrogen functional groups attached to an aromatic ring is 1. The van der Waals surface area contributed by atoms with Crippen molar-refractivity contribution in [3.8, 4) is 0 Å². The number of hydrogen-bond donors (Lipinski definition) is 3. The van der Waals surface area contributed by atoms with Crippen LogP contribution in [-0.4, -0.2) is 23.7 Å². The van der Waals surface area contributed by atoms with Gasteiger partial charge in [-0.1, -0.05) is 0 Å². The van der Waals surface area contributed by atoms with E-state index in [1.807, 2.05) is 0 Å². The lowest BCUT2D eigenvalue weighted by atomic mass is 10.2. The number of carbonyl (C=O) groups excluding carboxylic acids is 1. The van der Waals surface area contributed by atoms with Crippen LogP contribution in [0.5, 0.6) is 0 Å². The van der Waals surface area contributed by atoms with Gasteiger partial charge in [-0.05, 0) is 47.5 Å². The first-order chi connectivity index (χ1) is 7.50. The van der Waals surface area contributed by atoms with Crippen LogP contribution < -0.4 is 11.1 Å². The van der Waals surface area contributed by atoms with Crippen LogP contribution in [0.1, 0.15) is 23.7 Å². The molecule has 0 aliphatic heterocycles. The van der Waals surface area contributed by atoms with E-state index in [9.17, 15) is 4.79 Å². The fraction of sp³-hybridized carbons (Fsp3) is 0.364. The zero-order valence-corrected chi connectivity index (χ0v) is 10.6. The third-order valence-electron chi connectivity index (χ3n) is 2.11. The van der Waals surface area contributed by atoms with Crippen molar-refractivity contribution in [2.75, 3.05) is 12.3 Å². The van der Waals surface area contributed by atoms with Crippen LogP contribution in [0.4, 0.5) is 5.69 Å². The molecule has 1 aromatic rings. The molecule has 0 saturated heterocycles. The Morgan fingerprint density at radius 3 is 2.88 bits per heavy atom. The minimum Gasteiger partial charge on any atom is -0.398 e. The van der Waals surface area contributed by atoms with Gasteiger partial charge in [0, 0.05) is 22.3 Å². The molecule has 0 aliphatic rings. The minimum absolute atomic E-state index is 0.181. The highest BCUT2D eigenvalue weighted by Crippen LogP contribution is 2.19. The van der Waals surface area contributed by atoms with Gasteiger partial charge in [-0.2, -0.15) is 0 Å². The van der Waals surface area contributed by atoms with E-state index >= 15 is 0 Å². The van der Waals surface area contributed by atoms with E-state index in [1.165, 1.54) is 0 Å². The molecule has 0 aliphatic carbocycles. The lowest BCUT2D eigenvalue weighted by Gasteiger charge is -2.07. The maximum Gasteiger partial charge on any atom is 0.251 e. The molecule has 88 valence electrons. The van der Waals surface area contributed by atoms with E-state index in [0.717, 1.165) is 4.47 Å². The van der Waals surface area contributed by atoms with Gasteiger partial charge in [-0.15, -0.1) is 0 Å². The summed E-state index contributed by atoms with van der Waals surface area (Å²) in [6.07, 6.45) is 0.132. The highest BCUT2D eigenvalue weighted by molar-refractivity contribution is 9.10. The topological polar surface area (TPSA) is 75.3 Å². The highest BCUT2D eigenvalue weighted by atomic mass is 79.9. The lowest BCUT2D eigenvalue weighted by molar-refractivity contribution is 0.0945. The summed E-state index contributed by atoms with van der Waals surface area (Å²) < 4.78 is 0.771. The molecule has 0 spiro atoms. The summed E-state index contributed by atoms with van der Waals surface area (Å²) >= 11 is 3.26. The van der Waals surface area contributed by atoms with Crippen LogP contribution in [-0.2, 0) is 0 Å². The Morgan fingerprint density at radius 2 is 2.31 bits per heavy atom. The molecule has 0 fully saturated rings. The van der Waals surface area contributed by atoms with Crippen molar-refractivity contribution in [3.63, 3.8) is 0 Å². The molecule has 16 heavy (non-hydrogen) atoms. The van der Waals surface area contributed by atoms with Crippen molar-refractivity contribution in [2.24, 2.45) is 0 Å². The molecule has 0 bridgehead atoms. The second-order valence-electron chi connectivity index (χ2n) is 3.63. The predicted molar refractivity (Wildman–Crippen MR) is 67.2 cm³/mol. The third kappa shape index (κ3) is 3.83. The van der Waals surface area contributed by atoms with Crippen LogP contribution in [0.2, 0.25) is 0 Å². The fourth-order valence-electron chi connectivity index (χ4n) is 1.18. The molecule has 0 saturated carbocycles. The average molecular weight is 287 g/mol. The zero-order valence-electron chi connectivity index (χ0n) is 9.03. The van der Waals surface area contributed by atoms with E-state index in [1.54, 1.807) is 25.1 Å². The highest BCUT2D eigenvalue weighted by Gasteiger charge is 2.07. The lowest BCUT2D eigenvalue weighted by Crippen LogP contribution is -2.26. The van der Waals surface area contributed by atoms with Gasteiger partial charge in [-0.25, -0.2) is 0 Å². The van der Waals surface area contributed by atoms with Crippen LogP contribution in [0.15, 0.2) is 22.7 Å². The number of halogens is 1. The first-order valence-electron chi connectivity index (χ1n) is 5.02. The van der Waals surface area contributed by atoms with E-state index < -0.39 is 6.10 Å². The summed E-state index contributed by atoms with van der Waals surface area (Å²) in [5.41, 5.74) is 6.72. The van der Waals surface area contributed by atoms with Crippen molar-refractivity contribution >= 4 is 27.5 Å². The number of nitrogens with two attached hydrogens (primary N) is 1. The van der Waals surface area contributed by atoms with E-state index in [-0.39, 0.29) is 5.91 Å².